The van der Waals surface area contributed by atoms with Crippen LogP contribution in [0.25, 0.3) is 0 Å². The predicted molar refractivity (Wildman–Crippen MR) is 81.0 cm³/mol. The highest BCUT2D eigenvalue weighted by Crippen LogP contribution is 2.31. The Balaban J connectivity index is 1.94. The normalized spacial score (nSPS) is 19.5. The summed E-state index contributed by atoms with van der Waals surface area (Å²) in [5, 5.41) is 6.85. The lowest BCUT2D eigenvalue weighted by molar-refractivity contribution is 0.0674. The van der Waals surface area contributed by atoms with Gasteiger partial charge in [0.2, 0.25) is 0 Å². The van der Waals surface area contributed by atoms with Crippen molar-refractivity contribution in [1.82, 2.24) is 19.7 Å². The predicted octanol–water partition coefficient (Wildman–Crippen LogP) is 2.81. The number of nitrogens with zero attached hydrogens (tertiary/aromatic N) is 3. The zero-order valence-electron chi connectivity index (χ0n) is 12.7. The average molecular weight is 286 g/mol. The van der Waals surface area contributed by atoms with Crippen LogP contribution in [0.2, 0.25) is 0 Å². The van der Waals surface area contributed by atoms with E-state index < -0.39 is 0 Å². The van der Waals surface area contributed by atoms with E-state index in [2.05, 4.69) is 20.8 Å². The summed E-state index contributed by atoms with van der Waals surface area (Å²) in [6.07, 6.45) is 8.15. The summed E-state index contributed by atoms with van der Waals surface area (Å²) in [6, 6.07) is 4.33. The fourth-order valence-corrected chi connectivity index (χ4v) is 3.20. The van der Waals surface area contributed by atoms with E-state index >= 15 is 0 Å². The average Bonchev–Trinajstić information content (AvgIpc) is 3.00. The number of amides is 1. The fraction of sp³-hybridized carbons (Fsp3) is 0.500. The molecule has 2 aromatic rings. The van der Waals surface area contributed by atoms with E-state index in [1.54, 1.807) is 6.20 Å². The van der Waals surface area contributed by atoms with Gasteiger partial charge < -0.3 is 9.47 Å². The molecule has 1 fully saturated rings. The lowest BCUT2D eigenvalue weighted by Crippen LogP contribution is -2.35. The molecule has 1 amide bonds. The second-order valence-corrected chi connectivity index (χ2v) is 5.82. The lowest BCUT2D eigenvalue weighted by Gasteiger charge is -2.30. The number of aryl methyl sites for hydroxylation is 2. The first-order valence-corrected chi connectivity index (χ1v) is 7.60. The Bertz CT molecular complexity index is 628. The van der Waals surface area contributed by atoms with Gasteiger partial charge in [-0.15, -0.1) is 0 Å². The Morgan fingerprint density at radius 1 is 1.38 bits per heavy atom. The van der Waals surface area contributed by atoms with Crippen LogP contribution in [0.4, 0.5) is 0 Å². The maximum absolute atomic E-state index is 12.9. The van der Waals surface area contributed by atoms with Gasteiger partial charge in [0, 0.05) is 31.2 Å². The molecule has 5 nitrogen and oxygen atoms in total. The maximum Gasteiger partial charge on any atom is 0.257 e. The number of likely N-dealkylation sites (tertiary alicyclic amines) is 1. The molecule has 0 spiro atoms. The third kappa shape index (κ3) is 2.60. The minimum atomic E-state index is 0.0920. The topological polar surface area (TPSA) is 53.9 Å². The first kappa shape index (κ1) is 13.9. The minimum absolute atomic E-state index is 0.0920. The van der Waals surface area contributed by atoms with E-state index in [1.165, 1.54) is 18.5 Å². The zero-order valence-corrected chi connectivity index (χ0v) is 12.7. The first-order valence-electron chi connectivity index (χ1n) is 7.60. The Morgan fingerprint density at radius 3 is 2.90 bits per heavy atom. The molecule has 1 aliphatic rings. The molecule has 1 N–H and O–H groups in total. The molecular formula is C16H22N4O. The lowest BCUT2D eigenvalue weighted by atomic mass is 10.1. The molecule has 1 unspecified atom stereocenters. The Morgan fingerprint density at radius 2 is 2.24 bits per heavy atom. The van der Waals surface area contributed by atoms with Gasteiger partial charge in [-0.05, 0) is 31.9 Å². The van der Waals surface area contributed by atoms with Crippen molar-refractivity contribution >= 4 is 5.91 Å². The Labute approximate surface area is 125 Å². The SMILES string of the molecule is Cc1[nH]ncc1C(=O)N1CCCCCC1c1cccn1C. The molecule has 1 saturated heterocycles. The number of hydrogen-bond donors (Lipinski definition) is 1. The minimum Gasteiger partial charge on any atom is -0.353 e. The molecule has 3 heterocycles. The number of aromatic amines is 1. The van der Waals surface area contributed by atoms with Gasteiger partial charge >= 0.3 is 0 Å². The Kier molecular flexibility index (Phi) is 3.82. The second kappa shape index (κ2) is 5.76. The van der Waals surface area contributed by atoms with Gasteiger partial charge in [0.15, 0.2) is 0 Å². The summed E-state index contributed by atoms with van der Waals surface area (Å²) in [5.74, 6) is 0.0920. The van der Waals surface area contributed by atoms with Crippen molar-refractivity contribution in [3.8, 4) is 0 Å². The van der Waals surface area contributed by atoms with E-state index in [0.717, 1.165) is 25.1 Å². The summed E-state index contributed by atoms with van der Waals surface area (Å²) in [6.45, 7) is 2.72. The summed E-state index contributed by atoms with van der Waals surface area (Å²) >= 11 is 0. The van der Waals surface area contributed by atoms with Crippen LogP contribution in [0.15, 0.2) is 24.5 Å². The molecule has 0 radical (unpaired) electrons. The van der Waals surface area contributed by atoms with Crippen LogP contribution in [0.1, 0.15) is 53.5 Å². The van der Waals surface area contributed by atoms with Crippen molar-refractivity contribution in [2.75, 3.05) is 6.54 Å². The molecule has 2 aromatic heterocycles. The monoisotopic (exact) mass is 286 g/mol. The van der Waals surface area contributed by atoms with Crippen LogP contribution in [-0.2, 0) is 7.05 Å². The number of nitrogens with one attached hydrogen (secondary N) is 1. The van der Waals surface area contributed by atoms with Crippen LogP contribution < -0.4 is 0 Å². The number of hydrogen-bond acceptors (Lipinski definition) is 2. The van der Waals surface area contributed by atoms with E-state index in [4.69, 9.17) is 0 Å². The number of carbonyl (C=O) groups is 1. The molecule has 0 saturated carbocycles. The molecule has 0 aromatic carbocycles. The van der Waals surface area contributed by atoms with Crippen LogP contribution in [-0.4, -0.2) is 32.1 Å². The standard InChI is InChI=1S/C16H22N4O/c1-12-13(11-17-18-12)16(21)20-10-5-3-4-7-15(20)14-8-6-9-19(14)2/h6,8-9,11,15H,3-5,7,10H2,1-2H3,(H,17,18). The van der Waals surface area contributed by atoms with Gasteiger partial charge in [0.25, 0.3) is 5.91 Å². The molecular weight excluding hydrogens is 264 g/mol. The quantitative estimate of drug-likeness (QED) is 0.923. The van der Waals surface area contributed by atoms with Crippen molar-refractivity contribution in [3.05, 3.63) is 41.5 Å². The van der Waals surface area contributed by atoms with Crippen LogP contribution in [0.5, 0.6) is 0 Å². The van der Waals surface area contributed by atoms with Crippen LogP contribution in [0.3, 0.4) is 0 Å². The van der Waals surface area contributed by atoms with Crippen molar-refractivity contribution in [3.63, 3.8) is 0 Å². The van der Waals surface area contributed by atoms with E-state index in [0.29, 0.717) is 5.56 Å². The van der Waals surface area contributed by atoms with Crippen molar-refractivity contribution in [2.24, 2.45) is 7.05 Å². The third-order valence-corrected chi connectivity index (χ3v) is 4.40. The van der Waals surface area contributed by atoms with Crippen LogP contribution in [0, 0.1) is 6.92 Å². The number of H-pyrrole nitrogens is 1. The van der Waals surface area contributed by atoms with Gasteiger partial charge in [-0.3, -0.25) is 9.89 Å². The molecule has 0 aliphatic carbocycles. The second-order valence-electron chi connectivity index (χ2n) is 5.82. The zero-order chi connectivity index (χ0) is 14.8. The molecule has 21 heavy (non-hydrogen) atoms. The maximum atomic E-state index is 12.9. The molecule has 1 aliphatic heterocycles. The van der Waals surface area contributed by atoms with Gasteiger partial charge in [0.05, 0.1) is 17.8 Å². The first-order chi connectivity index (χ1) is 10.2. The number of carbonyl (C=O) groups excluding carboxylic acids is 1. The summed E-state index contributed by atoms with van der Waals surface area (Å²) in [7, 11) is 2.05. The van der Waals surface area contributed by atoms with Gasteiger partial charge in [-0.2, -0.15) is 5.10 Å². The smallest absolute Gasteiger partial charge is 0.257 e. The van der Waals surface area contributed by atoms with Crippen molar-refractivity contribution < 1.29 is 4.79 Å². The third-order valence-electron chi connectivity index (χ3n) is 4.40. The highest BCUT2D eigenvalue weighted by Gasteiger charge is 2.30. The highest BCUT2D eigenvalue weighted by molar-refractivity contribution is 5.95. The van der Waals surface area contributed by atoms with Gasteiger partial charge in [-0.25, -0.2) is 0 Å². The fourth-order valence-electron chi connectivity index (χ4n) is 3.20. The summed E-state index contributed by atoms with van der Waals surface area (Å²) in [5.41, 5.74) is 2.75. The largest absolute Gasteiger partial charge is 0.353 e. The number of rotatable bonds is 2. The van der Waals surface area contributed by atoms with E-state index in [1.807, 2.05) is 31.1 Å². The van der Waals surface area contributed by atoms with Gasteiger partial charge in [0.1, 0.15) is 0 Å². The van der Waals surface area contributed by atoms with Crippen molar-refractivity contribution in [1.29, 1.82) is 0 Å². The molecule has 3 rings (SSSR count). The van der Waals surface area contributed by atoms with E-state index in [-0.39, 0.29) is 11.9 Å². The number of aromatic nitrogens is 3. The summed E-state index contributed by atoms with van der Waals surface area (Å²) < 4.78 is 2.12. The molecule has 1 atom stereocenters. The van der Waals surface area contributed by atoms with Gasteiger partial charge in [-0.1, -0.05) is 12.8 Å². The van der Waals surface area contributed by atoms with Crippen molar-refractivity contribution in [2.45, 2.75) is 38.6 Å². The molecule has 0 bridgehead atoms. The summed E-state index contributed by atoms with van der Waals surface area (Å²) in [4.78, 5) is 14.9. The van der Waals surface area contributed by atoms with Crippen LogP contribution >= 0.6 is 0 Å². The Hall–Kier alpha value is -2.04. The molecule has 5 heteroatoms. The highest BCUT2D eigenvalue weighted by atomic mass is 16.2. The molecule has 112 valence electrons. The van der Waals surface area contributed by atoms with E-state index in [9.17, 15) is 4.79 Å².